The fourth-order valence-electron chi connectivity index (χ4n) is 2.01. The van der Waals surface area contributed by atoms with Crippen molar-refractivity contribution >= 4 is 15.7 Å². The van der Waals surface area contributed by atoms with Crippen molar-refractivity contribution < 1.29 is 34.8 Å². The number of anilines is 1. The first-order valence-corrected chi connectivity index (χ1v) is 8.11. The molecule has 0 N–H and O–H groups in total. The van der Waals surface area contributed by atoms with Gasteiger partial charge in [0.2, 0.25) is 0 Å². The highest BCUT2D eigenvalue weighted by atomic mass is 32.2. The molecule has 0 saturated carbocycles. The summed E-state index contributed by atoms with van der Waals surface area (Å²) in [4.78, 5) is -1.10. The molecule has 0 heterocycles. The standard InChI is InChI=1S/C15H11F6NO2S/c1-22(12-5-3-2-4-6-12)25(23,24)13-8-10(14(16,17)18)7-11(9-13)15(19,20)21/h2-9H,1H3. The molecule has 0 spiro atoms. The summed E-state index contributed by atoms with van der Waals surface area (Å²) < 4.78 is 103. The van der Waals surface area contributed by atoms with Crippen LogP contribution in [0.1, 0.15) is 11.1 Å². The molecule has 0 radical (unpaired) electrons. The number of halogens is 6. The van der Waals surface area contributed by atoms with Gasteiger partial charge in [-0.25, -0.2) is 8.42 Å². The summed E-state index contributed by atoms with van der Waals surface area (Å²) in [5.41, 5.74) is -3.29. The van der Waals surface area contributed by atoms with Gasteiger partial charge in [0.25, 0.3) is 10.0 Å². The van der Waals surface area contributed by atoms with Crippen molar-refractivity contribution in [3.05, 3.63) is 59.7 Å². The number of rotatable bonds is 3. The average Bonchev–Trinajstić information content (AvgIpc) is 2.53. The van der Waals surface area contributed by atoms with Crippen LogP contribution in [0.2, 0.25) is 0 Å². The van der Waals surface area contributed by atoms with E-state index in [1.165, 1.54) is 24.3 Å². The molecule has 10 heteroatoms. The zero-order chi connectivity index (χ0) is 19.0. The minimum absolute atomic E-state index is 0.0912. The van der Waals surface area contributed by atoms with Gasteiger partial charge in [-0.2, -0.15) is 26.3 Å². The lowest BCUT2D eigenvalue weighted by molar-refractivity contribution is -0.143. The smallest absolute Gasteiger partial charge is 0.269 e. The first-order chi connectivity index (χ1) is 11.3. The molecule has 0 aliphatic carbocycles. The third kappa shape index (κ3) is 4.06. The van der Waals surface area contributed by atoms with Crippen LogP contribution in [0.5, 0.6) is 0 Å². The Morgan fingerprint density at radius 3 is 1.64 bits per heavy atom. The Morgan fingerprint density at radius 2 is 1.24 bits per heavy atom. The number of benzene rings is 2. The maximum atomic E-state index is 12.9. The van der Waals surface area contributed by atoms with Gasteiger partial charge in [0, 0.05) is 7.05 Å². The van der Waals surface area contributed by atoms with Crippen molar-refractivity contribution in [3.63, 3.8) is 0 Å². The Labute approximate surface area is 139 Å². The number of alkyl halides is 6. The van der Waals surface area contributed by atoms with Crippen molar-refractivity contribution in [2.45, 2.75) is 17.2 Å². The van der Waals surface area contributed by atoms with Gasteiger partial charge in [0.05, 0.1) is 21.7 Å². The Hall–Kier alpha value is -2.23. The van der Waals surface area contributed by atoms with E-state index in [-0.39, 0.29) is 23.9 Å². The number of para-hydroxylation sites is 1. The van der Waals surface area contributed by atoms with Crippen LogP contribution in [0.3, 0.4) is 0 Å². The van der Waals surface area contributed by atoms with Crippen LogP contribution >= 0.6 is 0 Å². The van der Waals surface area contributed by atoms with Crippen molar-refractivity contribution in [1.29, 1.82) is 0 Å². The molecule has 3 nitrogen and oxygen atoms in total. The predicted octanol–water partition coefficient (Wildman–Crippen LogP) is 4.55. The molecule has 0 saturated heterocycles. The SMILES string of the molecule is CN(c1ccccc1)S(=O)(=O)c1cc(C(F)(F)F)cc(C(F)(F)F)c1. The zero-order valence-corrected chi connectivity index (χ0v) is 13.4. The van der Waals surface area contributed by atoms with E-state index in [0.29, 0.717) is 4.31 Å². The van der Waals surface area contributed by atoms with Crippen LogP contribution in [0.25, 0.3) is 0 Å². The monoisotopic (exact) mass is 383 g/mol. The van der Waals surface area contributed by atoms with Gasteiger partial charge in [-0.3, -0.25) is 4.31 Å². The maximum absolute atomic E-state index is 12.9. The summed E-state index contributed by atoms with van der Waals surface area (Å²) in [5.74, 6) is 0. The second kappa shape index (κ2) is 6.25. The maximum Gasteiger partial charge on any atom is 0.416 e. The average molecular weight is 383 g/mol. The first kappa shape index (κ1) is 19.1. The minimum atomic E-state index is -5.13. The lowest BCUT2D eigenvalue weighted by atomic mass is 10.1. The number of hydrogen-bond donors (Lipinski definition) is 0. The molecule has 136 valence electrons. The van der Waals surface area contributed by atoms with Crippen LogP contribution < -0.4 is 4.31 Å². The van der Waals surface area contributed by atoms with E-state index >= 15 is 0 Å². The van der Waals surface area contributed by atoms with Gasteiger partial charge in [0.15, 0.2) is 0 Å². The van der Waals surface area contributed by atoms with Gasteiger partial charge in [-0.1, -0.05) is 18.2 Å². The third-order valence-electron chi connectivity index (χ3n) is 3.34. The molecule has 0 aromatic heterocycles. The topological polar surface area (TPSA) is 37.4 Å². The van der Waals surface area contributed by atoms with Crippen molar-refractivity contribution in [2.24, 2.45) is 0 Å². The highest BCUT2D eigenvalue weighted by molar-refractivity contribution is 7.92. The molecule has 0 amide bonds. The van der Waals surface area contributed by atoms with Gasteiger partial charge in [-0.15, -0.1) is 0 Å². The van der Waals surface area contributed by atoms with Crippen LogP contribution in [0, 0.1) is 0 Å². The summed E-state index contributed by atoms with van der Waals surface area (Å²) in [6.07, 6.45) is -10.3. The van der Waals surface area contributed by atoms with Crippen molar-refractivity contribution in [3.8, 4) is 0 Å². The van der Waals surface area contributed by atoms with E-state index in [4.69, 9.17) is 0 Å². The molecule has 0 fully saturated rings. The number of nitrogens with zero attached hydrogens (tertiary/aromatic N) is 1. The van der Waals surface area contributed by atoms with Crippen LogP contribution in [-0.4, -0.2) is 15.5 Å². The summed E-state index contributed by atoms with van der Waals surface area (Å²) in [6, 6.07) is 7.50. The van der Waals surface area contributed by atoms with Gasteiger partial charge in [0.1, 0.15) is 0 Å². The second-order valence-corrected chi connectivity index (χ2v) is 7.02. The first-order valence-electron chi connectivity index (χ1n) is 6.67. The zero-order valence-electron chi connectivity index (χ0n) is 12.6. The van der Waals surface area contributed by atoms with Crippen molar-refractivity contribution in [1.82, 2.24) is 0 Å². The van der Waals surface area contributed by atoms with E-state index in [1.807, 2.05) is 0 Å². The largest absolute Gasteiger partial charge is 0.416 e. The van der Waals surface area contributed by atoms with E-state index in [9.17, 15) is 34.8 Å². The molecule has 0 unspecified atom stereocenters. The Kier molecular flexibility index (Phi) is 4.77. The van der Waals surface area contributed by atoms with Crippen LogP contribution in [-0.2, 0) is 22.4 Å². The molecule has 25 heavy (non-hydrogen) atoms. The molecular weight excluding hydrogens is 372 g/mol. The van der Waals surface area contributed by atoms with E-state index in [0.717, 1.165) is 7.05 Å². The molecule has 0 aliphatic rings. The summed E-state index contributed by atoms with van der Waals surface area (Å²) in [6.45, 7) is 0. The Morgan fingerprint density at radius 1 is 0.800 bits per heavy atom. The van der Waals surface area contributed by atoms with Gasteiger partial charge < -0.3 is 0 Å². The van der Waals surface area contributed by atoms with Gasteiger partial charge in [-0.05, 0) is 30.3 Å². The molecule has 0 bridgehead atoms. The number of hydrogen-bond acceptors (Lipinski definition) is 2. The highest BCUT2D eigenvalue weighted by Crippen LogP contribution is 2.38. The fraction of sp³-hybridized carbons (Fsp3) is 0.200. The lowest BCUT2D eigenvalue weighted by Gasteiger charge is -2.21. The Balaban J connectivity index is 2.64. The molecule has 0 aliphatic heterocycles. The molecule has 0 atom stereocenters. The van der Waals surface area contributed by atoms with Crippen molar-refractivity contribution in [2.75, 3.05) is 11.4 Å². The molecule has 2 aromatic carbocycles. The highest BCUT2D eigenvalue weighted by Gasteiger charge is 2.38. The summed E-state index contributed by atoms with van der Waals surface area (Å²) in [7, 11) is -3.58. The summed E-state index contributed by atoms with van der Waals surface area (Å²) >= 11 is 0. The quantitative estimate of drug-likeness (QED) is 0.730. The lowest BCUT2D eigenvalue weighted by Crippen LogP contribution is -2.27. The van der Waals surface area contributed by atoms with E-state index < -0.39 is 38.4 Å². The second-order valence-electron chi connectivity index (χ2n) is 5.05. The minimum Gasteiger partial charge on any atom is -0.269 e. The van der Waals surface area contributed by atoms with E-state index in [2.05, 4.69) is 0 Å². The fourth-order valence-corrected chi connectivity index (χ4v) is 3.28. The normalized spacial score (nSPS) is 12.9. The summed E-state index contributed by atoms with van der Waals surface area (Å²) in [5, 5.41) is 0. The van der Waals surface area contributed by atoms with Gasteiger partial charge >= 0.3 is 12.4 Å². The van der Waals surface area contributed by atoms with Crippen LogP contribution in [0.4, 0.5) is 32.0 Å². The Bertz CT molecular complexity index is 828. The number of sulfonamides is 1. The van der Waals surface area contributed by atoms with E-state index in [1.54, 1.807) is 6.07 Å². The molecular formula is C15H11F6NO2S. The predicted molar refractivity (Wildman–Crippen MR) is 78.5 cm³/mol. The third-order valence-corrected chi connectivity index (χ3v) is 5.10. The molecule has 2 aromatic rings. The molecule has 2 rings (SSSR count). The van der Waals surface area contributed by atoms with Crippen LogP contribution in [0.15, 0.2) is 53.4 Å².